The van der Waals surface area contributed by atoms with E-state index in [9.17, 15) is 0 Å². The fourth-order valence-electron chi connectivity index (χ4n) is 1.97. The van der Waals surface area contributed by atoms with E-state index in [1.54, 1.807) is 23.7 Å². The van der Waals surface area contributed by atoms with Crippen LogP contribution in [-0.2, 0) is 6.54 Å². The van der Waals surface area contributed by atoms with E-state index in [1.807, 2.05) is 10.9 Å². The van der Waals surface area contributed by atoms with Gasteiger partial charge in [0, 0.05) is 22.8 Å². The molecule has 3 aromatic rings. The predicted molar refractivity (Wildman–Crippen MR) is 73.9 cm³/mol. The van der Waals surface area contributed by atoms with Crippen molar-refractivity contribution in [3.05, 3.63) is 47.0 Å². The van der Waals surface area contributed by atoms with Crippen molar-refractivity contribution in [2.45, 2.75) is 20.4 Å². The highest BCUT2D eigenvalue weighted by molar-refractivity contribution is 7.15. The summed E-state index contributed by atoms with van der Waals surface area (Å²) in [6, 6.07) is 2.17. The fourth-order valence-corrected chi connectivity index (χ4v) is 2.95. The number of nitrogens with zero attached hydrogens (tertiary/aromatic N) is 5. The molecular weight excluding hydrogens is 258 g/mol. The summed E-state index contributed by atoms with van der Waals surface area (Å²) in [6.45, 7) is 4.84. The van der Waals surface area contributed by atoms with Crippen molar-refractivity contribution in [3.63, 3.8) is 0 Å². The molecule has 3 rings (SSSR count). The number of hydrogen-bond donors (Lipinski definition) is 0. The molecule has 0 aliphatic heterocycles. The van der Waals surface area contributed by atoms with E-state index in [4.69, 9.17) is 0 Å². The summed E-state index contributed by atoms with van der Waals surface area (Å²) < 4.78 is 1.81. The minimum absolute atomic E-state index is 0.636. The van der Waals surface area contributed by atoms with Crippen LogP contribution in [-0.4, -0.2) is 25.0 Å². The highest BCUT2D eigenvalue weighted by Gasteiger charge is 2.10. The van der Waals surface area contributed by atoms with Crippen molar-refractivity contribution in [2.75, 3.05) is 0 Å². The fraction of sp³-hybridized carbons (Fsp3) is 0.231. The predicted octanol–water partition coefficient (Wildman–Crippen LogP) is 2.46. The Hall–Kier alpha value is -2.08. The van der Waals surface area contributed by atoms with Crippen LogP contribution in [0.5, 0.6) is 0 Å². The Morgan fingerprint density at radius 3 is 2.68 bits per heavy atom. The van der Waals surface area contributed by atoms with Crippen LogP contribution in [0.15, 0.2) is 31.0 Å². The lowest BCUT2D eigenvalue weighted by Gasteiger charge is -1.98. The normalized spacial score (nSPS) is 10.8. The van der Waals surface area contributed by atoms with E-state index in [2.05, 4.69) is 40.2 Å². The van der Waals surface area contributed by atoms with Crippen molar-refractivity contribution < 1.29 is 0 Å². The Kier molecular flexibility index (Phi) is 3.08. The van der Waals surface area contributed by atoms with E-state index in [0.29, 0.717) is 6.54 Å². The zero-order valence-electron chi connectivity index (χ0n) is 10.7. The quantitative estimate of drug-likeness (QED) is 0.734. The average Bonchev–Trinajstić information content (AvgIpc) is 2.97. The molecule has 0 atom stereocenters. The van der Waals surface area contributed by atoms with Gasteiger partial charge in [-0.1, -0.05) is 5.21 Å². The molecule has 0 aliphatic rings. The summed E-state index contributed by atoms with van der Waals surface area (Å²) in [5.41, 5.74) is 3.18. The Balaban J connectivity index is 1.86. The second-order valence-electron chi connectivity index (χ2n) is 4.42. The van der Waals surface area contributed by atoms with Crippen LogP contribution in [0.1, 0.15) is 16.0 Å². The van der Waals surface area contributed by atoms with Gasteiger partial charge in [-0.15, -0.1) is 16.4 Å². The molecule has 19 heavy (non-hydrogen) atoms. The number of rotatable bonds is 3. The van der Waals surface area contributed by atoms with E-state index in [1.165, 1.54) is 21.6 Å². The molecule has 96 valence electrons. The maximum absolute atomic E-state index is 4.24. The largest absolute Gasteiger partial charge is 0.247 e. The third-order valence-electron chi connectivity index (χ3n) is 2.77. The molecule has 0 fully saturated rings. The summed E-state index contributed by atoms with van der Waals surface area (Å²) in [6.07, 6.45) is 7.06. The van der Waals surface area contributed by atoms with Gasteiger partial charge in [0.25, 0.3) is 0 Å². The third-order valence-corrected chi connectivity index (χ3v) is 3.95. The zero-order valence-corrected chi connectivity index (χ0v) is 11.6. The number of thiophene rings is 1. The summed E-state index contributed by atoms with van der Waals surface area (Å²) in [5.74, 6) is 0. The lowest BCUT2D eigenvalue weighted by molar-refractivity contribution is 0.646. The summed E-state index contributed by atoms with van der Waals surface area (Å²) in [4.78, 5) is 10.5. The minimum Gasteiger partial charge on any atom is -0.247 e. The number of hydrogen-bond acceptors (Lipinski definition) is 5. The summed E-state index contributed by atoms with van der Waals surface area (Å²) in [7, 11) is 0. The van der Waals surface area contributed by atoms with Gasteiger partial charge in [-0.05, 0) is 25.5 Å². The molecule has 0 amide bonds. The van der Waals surface area contributed by atoms with Crippen LogP contribution in [0.2, 0.25) is 0 Å². The Labute approximate surface area is 115 Å². The monoisotopic (exact) mass is 271 g/mol. The molecular formula is C13H13N5S. The van der Waals surface area contributed by atoms with E-state index >= 15 is 0 Å². The average molecular weight is 271 g/mol. The minimum atomic E-state index is 0.636. The topological polar surface area (TPSA) is 56.5 Å². The van der Waals surface area contributed by atoms with Crippen LogP contribution < -0.4 is 0 Å². The number of aromatic nitrogens is 5. The molecule has 0 unspecified atom stereocenters. The first-order valence-electron chi connectivity index (χ1n) is 5.94. The first kappa shape index (κ1) is 12.0. The molecule has 3 heterocycles. The second kappa shape index (κ2) is 4.89. The highest BCUT2D eigenvalue weighted by Crippen LogP contribution is 2.30. The van der Waals surface area contributed by atoms with Crippen molar-refractivity contribution in [1.82, 2.24) is 25.0 Å². The van der Waals surface area contributed by atoms with Gasteiger partial charge < -0.3 is 0 Å². The Morgan fingerprint density at radius 1 is 1.21 bits per heavy atom. The van der Waals surface area contributed by atoms with Crippen LogP contribution in [0.3, 0.4) is 0 Å². The van der Waals surface area contributed by atoms with Gasteiger partial charge in [0.2, 0.25) is 0 Å². The van der Waals surface area contributed by atoms with Crippen molar-refractivity contribution in [2.24, 2.45) is 0 Å². The maximum atomic E-state index is 4.24. The van der Waals surface area contributed by atoms with Gasteiger partial charge in [0.05, 0.1) is 17.6 Å². The van der Waals surface area contributed by atoms with Gasteiger partial charge >= 0.3 is 0 Å². The van der Waals surface area contributed by atoms with Gasteiger partial charge in [-0.3, -0.25) is 0 Å². The molecule has 0 radical (unpaired) electrons. The Bertz CT molecular complexity index is 686. The van der Waals surface area contributed by atoms with Crippen LogP contribution in [0.25, 0.3) is 10.6 Å². The SMILES string of the molecule is Cc1cc(C)c(-c2cn(Cc3cncnc3)nn2)s1. The van der Waals surface area contributed by atoms with Crippen molar-refractivity contribution in [3.8, 4) is 10.6 Å². The molecule has 0 saturated carbocycles. The molecule has 5 nitrogen and oxygen atoms in total. The first-order chi connectivity index (χ1) is 9.22. The van der Waals surface area contributed by atoms with Crippen LogP contribution in [0, 0.1) is 13.8 Å². The van der Waals surface area contributed by atoms with Crippen LogP contribution in [0.4, 0.5) is 0 Å². The standard InChI is InChI=1S/C13H13N5S/c1-9-3-10(2)19-13(9)12-7-18(17-16-12)6-11-4-14-8-15-5-11/h3-5,7-8H,6H2,1-2H3. The third kappa shape index (κ3) is 2.53. The summed E-state index contributed by atoms with van der Waals surface area (Å²) >= 11 is 1.75. The first-order valence-corrected chi connectivity index (χ1v) is 6.75. The van der Waals surface area contributed by atoms with E-state index < -0.39 is 0 Å². The molecule has 0 aromatic carbocycles. The maximum Gasteiger partial charge on any atom is 0.123 e. The van der Waals surface area contributed by atoms with Gasteiger partial charge in [-0.2, -0.15) is 0 Å². The van der Waals surface area contributed by atoms with E-state index in [0.717, 1.165) is 11.3 Å². The smallest absolute Gasteiger partial charge is 0.123 e. The second-order valence-corrected chi connectivity index (χ2v) is 5.67. The van der Waals surface area contributed by atoms with Crippen LogP contribution >= 0.6 is 11.3 Å². The molecule has 6 heteroatoms. The molecule has 0 aliphatic carbocycles. The summed E-state index contributed by atoms with van der Waals surface area (Å²) in [5, 5.41) is 8.40. The number of aryl methyl sites for hydroxylation is 2. The van der Waals surface area contributed by atoms with Gasteiger partial charge in [0.15, 0.2) is 0 Å². The molecule has 3 aromatic heterocycles. The van der Waals surface area contributed by atoms with Crippen molar-refractivity contribution in [1.29, 1.82) is 0 Å². The van der Waals surface area contributed by atoms with Crippen molar-refractivity contribution >= 4 is 11.3 Å². The molecule has 0 saturated heterocycles. The molecule has 0 bridgehead atoms. The highest BCUT2D eigenvalue weighted by atomic mass is 32.1. The Morgan fingerprint density at radius 2 is 2.00 bits per heavy atom. The van der Waals surface area contributed by atoms with E-state index in [-0.39, 0.29) is 0 Å². The lowest BCUT2D eigenvalue weighted by atomic mass is 10.2. The van der Waals surface area contributed by atoms with Gasteiger partial charge in [0.1, 0.15) is 12.0 Å². The molecule has 0 N–H and O–H groups in total. The van der Waals surface area contributed by atoms with Gasteiger partial charge in [-0.25, -0.2) is 14.6 Å². The molecule has 0 spiro atoms. The zero-order chi connectivity index (χ0) is 13.2. The lowest BCUT2D eigenvalue weighted by Crippen LogP contribution is -2.01.